The molecule has 0 aliphatic carbocycles. The Labute approximate surface area is 94.2 Å². The third kappa shape index (κ3) is 2.00. The summed E-state index contributed by atoms with van der Waals surface area (Å²) in [6, 6.07) is 0. The maximum absolute atomic E-state index is 11.6. The second-order valence-corrected chi connectivity index (χ2v) is 3.94. The first-order valence-electron chi connectivity index (χ1n) is 4.06. The summed E-state index contributed by atoms with van der Waals surface area (Å²) in [6.45, 7) is 0.358. The van der Waals surface area contributed by atoms with E-state index < -0.39 is 0 Å². The minimum absolute atomic E-state index is 0.0330. The van der Waals surface area contributed by atoms with Crippen molar-refractivity contribution in [2.24, 2.45) is 0 Å². The molecular weight excluding hydrogens is 236 g/mol. The fourth-order valence-corrected chi connectivity index (χ4v) is 1.76. The molecule has 0 saturated carbocycles. The summed E-state index contributed by atoms with van der Waals surface area (Å²) in [4.78, 5) is 19.5. The molecule has 5 nitrogen and oxygen atoms in total. The lowest BCUT2D eigenvalue weighted by molar-refractivity contribution is 0.726. The molecule has 0 spiro atoms. The minimum atomic E-state index is -0.344. The molecule has 0 saturated heterocycles. The summed E-state index contributed by atoms with van der Waals surface area (Å²) in [6.07, 6.45) is 1.36. The van der Waals surface area contributed by atoms with E-state index in [1.54, 1.807) is 5.51 Å². The van der Waals surface area contributed by atoms with Gasteiger partial charge in [0.25, 0.3) is 5.56 Å². The van der Waals surface area contributed by atoms with E-state index in [0.29, 0.717) is 6.54 Å². The number of anilines is 1. The second-order valence-electron chi connectivity index (χ2n) is 2.86. The van der Waals surface area contributed by atoms with Crippen molar-refractivity contribution < 1.29 is 0 Å². The van der Waals surface area contributed by atoms with Gasteiger partial charge in [-0.15, -0.1) is 11.3 Å². The third-order valence-electron chi connectivity index (χ3n) is 1.84. The van der Waals surface area contributed by atoms with Crippen LogP contribution < -0.4 is 11.3 Å². The molecule has 0 aliphatic heterocycles. The van der Waals surface area contributed by atoms with E-state index in [4.69, 9.17) is 17.3 Å². The molecule has 2 heterocycles. The van der Waals surface area contributed by atoms with Crippen molar-refractivity contribution in [1.29, 1.82) is 0 Å². The van der Waals surface area contributed by atoms with Crippen LogP contribution in [0.1, 0.15) is 5.69 Å². The van der Waals surface area contributed by atoms with Crippen molar-refractivity contribution in [1.82, 2.24) is 14.5 Å². The molecule has 7 heteroatoms. The van der Waals surface area contributed by atoms with Gasteiger partial charge in [-0.3, -0.25) is 9.36 Å². The highest BCUT2D eigenvalue weighted by Crippen LogP contribution is 2.09. The van der Waals surface area contributed by atoms with Gasteiger partial charge in [0.15, 0.2) is 5.15 Å². The van der Waals surface area contributed by atoms with Crippen LogP contribution in [0.2, 0.25) is 5.15 Å². The molecule has 0 radical (unpaired) electrons. The number of nitrogens with zero attached hydrogens (tertiary/aromatic N) is 3. The third-order valence-corrected chi connectivity index (χ3v) is 2.78. The average molecular weight is 243 g/mol. The monoisotopic (exact) mass is 242 g/mol. The zero-order valence-electron chi connectivity index (χ0n) is 7.55. The molecule has 0 atom stereocenters. The van der Waals surface area contributed by atoms with Gasteiger partial charge in [-0.05, 0) is 0 Å². The molecule has 2 aromatic heterocycles. The summed E-state index contributed by atoms with van der Waals surface area (Å²) in [5.41, 5.74) is 7.59. The Balaban J connectivity index is 2.38. The Morgan fingerprint density at radius 2 is 2.33 bits per heavy atom. The molecule has 0 unspecified atom stereocenters. The van der Waals surface area contributed by atoms with Crippen LogP contribution in [-0.2, 0) is 6.54 Å². The van der Waals surface area contributed by atoms with Crippen molar-refractivity contribution in [2.45, 2.75) is 6.54 Å². The Bertz CT molecular complexity index is 522. The molecule has 78 valence electrons. The number of nitrogen functional groups attached to an aromatic ring is 1. The number of thiazole rings is 1. The highest BCUT2D eigenvalue weighted by molar-refractivity contribution is 7.07. The average Bonchev–Trinajstić information content (AvgIpc) is 2.72. The molecule has 0 bridgehead atoms. The quantitative estimate of drug-likeness (QED) is 0.797. The van der Waals surface area contributed by atoms with Crippen LogP contribution in [-0.4, -0.2) is 14.5 Å². The molecule has 2 rings (SSSR count). The van der Waals surface area contributed by atoms with Gasteiger partial charge in [-0.1, -0.05) is 11.6 Å². The van der Waals surface area contributed by atoms with E-state index in [-0.39, 0.29) is 16.4 Å². The van der Waals surface area contributed by atoms with E-state index in [0.717, 1.165) is 5.69 Å². The smallest absolute Gasteiger partial charge is 0.278 e. The molecule has 15 heavy (non-hydrogen) atoms. The zero-order valence-corrected chi connectivity index (χ0v) is 9.13. The van der Waals surface area contributed by atoms with Gasteiger partial charge in [-0.25, -0.2) is 9.97 Å². The van der Waals surface area contributed by atoms with Crippen LogP contribution in [0.4, 0.5) is 5.69 Å². The highest BCUT2D eigenvalue weighted by Gasteiger charge is 2.06. The van der Waals surface area contributed by atoms with Crippen LogP contribution in [0.25, 0.3) is 0 Å². The van der Waals surface area contributed by atoms with E-state index in [1.165, 1.54) is 22.2 Å². The lowest BCUT2D eigenvalue weighted by Gasteiger charge is -2.04. The van der Waals surface area contributed by atoms with Gasteiger partial charge in [0.05, 0.1) is 24.1 Å². The van der Waals surface area contributed by atoms with E-state index in [2.05, 4.69) is 9.97 Å². The van der Waals surface area contributed by atoms with Gasteiger partial charge in [0, 0.05) is 5.38 Å². The molecule has 0 aliphatic rings. The van der Waals surface area contributed by atoms with Crippen molar-refractivity contribution in [2.75, 3.05) is 5.73 Å². The van der Waals surface area contributed by atoms with Crippen LogP contribution in [0, 0.1) is 0 Å². The predicted octanol–water partition coefficient (Wildman–Crippen LogP) is 0.984. The van der Waals surface area contributed by atoms with E-state index in [9.17, 15) is 4.79 Å². The summed E-state index contributed by atoms with van der Waals surface area (Å²) in [5, 5.41) is 1.89. The molecular formula is C8H7ClN4OS. The summed E-state index contributed by atoms with van der Waals surface area (Å²) in [7, 11) is 0. The van der Waals surface area contributed by atoms with Gasteiger partial charge >= 0.3 is 0 Å². The molecule has 0 amide bonds. The van der Waals surface area contributed by atoms with Crippen LogP contribution in [0.15, 0.2) is 22.0 Å². The van der Waals surface area contributed by atoms with E-state index >= 15 is 0 Å². The maximum Gasteiger partial charge on any atom is 0.278 e. The SMILES string of the molecule is Nc1c(Cl)ncn(Cc2cscn2)c1=O. The van der Waals surface area contributed by atoms with Gasteiger partial charge in [0.2, 0.25) is 0 Å². The zero-order chi connectivity index (χ0) is 10.8. The van der Waals surface area contributed by atoms with Gasteiger partial charge in [-0.2, -0.15) is 0 Å². The van der Waals surface area contributed by atoms with Gasteiger partial charge in [0.1, 0.15) is 5.69 Å². The van der Waals surface area contributed by atoms with Crippen molar-refractivity contribution in [3.63, 3.8) is 0 Å². The molecule has 2 N–H and O–H groups in total. The Hall–Kier alpha value is -1.40. The van der Waals surface area contributed by atoms with Crippen LogP contribution in [0.5, 0.6) is 0 Å². The molecule has 0 fully saturated rings. The number of halogens is 1. The van der Waals surface area contributed by atoms with Gasteiger partial charge < -0.3 is 5.73 Å². The normalized spacial score (nSPS) is 10.5. The summed E-state index contributed by atoms with van der Waals surface area (Å²) < 4.78 is 1.37. The maximum atomic E-state index is 11.6. The first kappa shape index (κ1) is 10.1. The first-order chi connectivity index (χ1) is 7.18. The van der Waals surface area contributed by atoms with Crippen molar-refractivity contribution in [3.8, 4) is 0 Å². The second kappa shape index (κ2) is 4.00. The molecule has 0 aromatic carbocycles. The topological polar surface area (TPSA) is 73.8 Å². The highest BCUT2D eigenvalue weighted by atomic mass is 35.5. The standard InChI is InChI=1S/C8H7ClN4OS/c9-7-6(10)8(14)13(3-11-7)1-5-2-15-4-12-5/h2-4H,1,10H2. The Morgan fingerprint density at radius 3 is 3.00 bits per heavy atom. The van der Waals surface area contributed by atoms with Crippen LogP contribution >= 0.6 is 22.9 Å². The Kier molecular flexibility index (Phi) is 2.70. The van der Waals surface area contributed by atoms with Crippen molar-refractivity contribution in [3.05, 3.63) is 38.4 Å². The predicted molar refractivity (Wildman–Crippen MR) is 59.1 cm³/mol. The number of rotatable bonds is 2. The fourth-order valence-electron chi connectivity index (χ4n) is 1.09. The number of hydrogen-bond donors (Lipinski definition) is 1. The lowest BCUT2D eigenvalue weighted by Crippen LogP contribution is -2.24. The van der Waals surface area contributed by atoms with Crippen LogP contribution in [0.3, 0.4) is 0 Å². The number of hydrogen-bond acceptors (Lipinski definition) is 5. The largest absolute Gasteiger partial charge is 0.392 e. The number of nitrogens with two attached hydrogens (primary N) is 1. The number of aromatic nitrogens is 3. The Morgan fingerprint density at radius 1 is 1.53 bits per heavy atom. The first-order valence-corrected chi connectivity index (χ1v) is 5.38. The summed E-state index contributed by atoms with van der Waals surface area (Å²) in [5.74, 6) is 0. The lowest BCUT2D eigenvalue weighted by atomic mass is 10.4. The van der Waals surface area contributed by atoms with Crippen molar-refractivity contribution >= 4 is 28.6 Å². The fraction of sp³-hybridized carbons (Fsp3) is 0.125. The molecule has 2 aromatic rings. The minimum Gasteiger partial charge on any atom is -0.392 e. The summed E-state index contributed by atoms with van der Waals surface area (Å²) >= 11 is 7.07. The van der Waals surface area contributed by atoms with E-state index in [1.807, 2.05) is 5.38 Å².